The molecule has 0 aliphatic heterocycles. The Hall–Kier alpha value is -1.37. The minimum Gasteiger partial charge on any atom is -0.318 e. The highest BCUT2D eigenvalue weighted by Gasteiger charge is 2.18. The summed E-state index contributed by atoms with van der Waals surface area (Å²) in [6.45, 7) is 1.83. The molecule has 2 nitrogen and oxygen atoms in total. The number of carbonyl (C=O) groups excluding carboxylic acids is 1. The van der Waals surface area contributed by atoms with E-state index in [1.165, 1.54) is 5.56 Å². The number of aryl methyl sites for hydroxylation is 2. The average molecular weight is 349 g/mol. The van der Waals surface area contributed by atoms with Crippen LogP contribution in [0.15, 0.2) is 48.5 Å². The van der Waals surface area contributed by atoms with Crippen LogP contribution in [0.2, 0.25) is 5.02 Å². The third kappa shape index (κ3) is 5.34. The van der Waals surface area contributed by atoms with Crippen molar-refractivity contribution in [3.05, 3.63) is 70.2 Å². The fourth-order valence-corrected chi connectivity index (χ4v) is 4.40. The lowest BCUT2D eigenvalue weighted by Crippen LogP contribution is -2.00. The van der Waals surface area contributed by atoms with Gasteiger partial charge >= 0.3 is 0 Å². The number of carbonyl (C=O) groups is 1. The van der Waals surface area contributed by atoms with Crippen molar-refractivity contribution in [2.24, 2.45) is 0 Å². The van der Waals surface area contributed by atoms with Crippen molar-refractivity contribution in [2.45, 2.75) is 32.6 Å². The quantitative estimate of drug-likeness (QED) is 0.449. The molecule has 0 amide bonds. The summed E-state index contributed by atoms with van der Waals surface area (Å²) >= 11 is 6.08. The summed E-state index contributed by atoms with van der Waals surface area (Å²) in [6.07, 6.45) is 4.36. The molecule has 0 bridgehead atoms. The van der Waals surface area contributed by atoms with Gasteiger partial charge in [0.15, 0.2) is 0 Å². The smallest absolute Gasteiger partial charge is 0.220 e. The molecule has 23 heavy (non-hydrogen) atoms. The van der Waals surface area contributed by atoms with Crippen LogP contribution < -0.4 is 0 Å². The van der Waals surface area contributed by atoms with Gasteiger partial charge in [0.05, 0.1) is 5.02 Å². The summed E-state index contributed by atoms with van der Waals surface area (Å²) in [6, 6.07) is 15.6. The summed E-state index contributed by atoms with van der Waals surface area (Å²) in [7, 11) is -2.28. The second-order valence-corrected chi connectivity index (χ2v) is 7.94. The van der Waals surface area contributed by atoms with Crippen LogP contribution in [0.3, 0.4) is 0 Å². The molecule has 0 saturated carbocycles. The molecular weight excluding hydrogens is 327 g/mol. The molecule has 0 aliphatic rings. The maximum Gasteiger partial charge on any atom is 0.220 e. The summed E-state index contributed by atoms with van der Waals surface area (Å²) < 4.78 is 12.3. The molecule has 0 heterocycles. The van der Waals surface area contributed by atoms with E-state index in [4.69, 9.17) is 11.6 Å². The third-order valence-corrected chi connectivity index (χ3v) is 5.79. The van der Waals surface area contributed by atoms with Gasteiger partial charge in [-0.1, -0.05) is 60.5 Å². The molecule has 2 rings (SSSR count). The summed E-state index contributed by atoms with van der Waals surface area (Å²) in [5, 5.41) is 0.400. The molecule has 0 aromatic heterocycles. The van der Waals surface area contributed by atoms with Crippen molar-refractivity contribution in [1.29, 1.82) is 0 Å². The van der Waals surface area contributed by atoms with Gasteiger partial charge in [-0.05, 0) is 43.4 Å². The van der Waals surface area contributed by atoms with Gasteiger partial charge in [-0.3, -0.25) is 4.79 Å². The second-order valence-electron chi connectivity index (χ2n) is 5.73. The van der Waals surface area contributed by atoms with Crippen molar-refractivity contribution in [1.82, 2.24) is 0 Å². The Labute approximate surface area is 143 Å². The zero-order valence-corrected chi connectivity index (χ0v) is 15.1. The van der Waals surface area contributed by atoms with Gasteiger partial charge in [-0.2, -0.15) is 0 Å². The van der Waals surface area contributed by atoms with Crippen LogP contribution in [0.4, 0.5) is 0 Å². The van der Waals surface area contributed by atoms with Gasteiger partial charge in [-0.15, -0.1) is 0 Å². The van der Waals surface area contributed by atoms with Gasteiger partial charge in [0.2, 0.25) is 5.52 Å². The first-order chi connectivity index (χ1) is 11.1. The Balaban J connectivity index is 1.77. The molecule has 2 aromatic rings. The minimum absolute atomic E-state index is 0.277. The van der Waals surface area contributed by atoms with Gasteiger partial charge in [-0.25, -0.2) is 0 Å². The summed E-state index contributed by atoms with van der Waals surface area (Å²) in [4.78, 5) is 12.3. The summed E-state index contributed by atoms with van der Waals surface area (Å²) in [5.41, 5.74) is 2.27. The molecule has 0 spiro atoms. The topological polar surface area (TPSA) is 34.1 Å². The van der Waals surface area contributed by atoms with Gasteiger partial charge in [0.25, 0.3) is 0 Å². The zero-order valence-electron chi connectivity index (χ0n) is 13.3. The number of rotatable bonds is 8. The zero-order chi connectivity index (χ0) is 16.7. The minimum atomic E-state index is -2.28. The van der Waals surface area contributed by atoms with E-state index in [9.17, 15) is 9.36 Å². The lowest BCUT2D eigenvalue weighted by atomic mass is 10.1. The van der Waals surface area contributed by atoms with Crippen molar-refractivity contribution in [3.63, 3.8) is 0 Å². The van der Waals surface area contributed by atoms with Crippen molar-refractivity contribution >= 4 is 24.9 Å². The predicted octanol–water partition coefficient (Wildman–Crippen LogP) is 5.76. The van der Waals surface area contributed by atoms with E-state index in [1.807, 2.05) is 31.2 Å². The van der Waals surface area contributed by atoms with Crippen LogP contribution in [-0.4, -0.2) is 11.7 Å². The molecule has 1 atom stereocenters. The third-order valence-electron chi connectivity index (χ3n) is 3.91. The number of halogens is 1. The fourth-order valence-electron chi connectivity index (χ4n) is 2.61. The molecule has 0 radical (unpaired) electrons. The van der Waals surface area contributed by atoms with Crippen LogP contribution in [0.5, 0.6) is 0 Å². The summed E-state index contributed by atoms with van der Waals surface area (Å²) in [5.74, 6) is 0. The molecule has 0 aliphatic carbocycles. The van der Waals surface area contributed by atoms with E-state index < -0.39 is 7.80 Å². The van der Waals surface area contributed by atoms with Crippen molar-refractivity contribution in [3.8, 4) is 0 Å². The van der Waals surface area contributed by atoms with Gasteiger partial charge in [0.1, 0.15) is 7.80 Å². The normalized spacial score (nSPS) is 12.1. The largest absolute Gasteiger partial charge is 0.318 e. The van der Waals surface area contributed by atoms with Crippen molar-refractivity contribution in [2.75, 3.05) is 6.16 Å². The highest BCUT2D eigenvalue weighted by Crippen LogP contribution is 2.33. The lowest BCUT2D eigenvalue weighted by molar-refractivity contribution is 0.107. The molecular formula is C19H22ClO2P. The first kappa shape index (κ1) is 18.0. The Morgan fingerprint density at radius 3 is 2.43 bits per heavy atom. The molecule has 2 aromatic carbocycles. The SMILES string of the molecule is Cc1cccc(Cl)c1C(=O)[PH](=O)CCCCCc1ccccc1. The first-order valence-corrected chi connectivity index (χ1v) is 9.95. The van der Waals surface area contributed by atoms with E-state index >= 15 is 0 Å². The van der Waals surface area contributed by atoms with Crippen LogP contribution in [-0.2, 0) is 11.0 Å². The Morgan fingerprint density at radius 1 is 1.00 bits per heavy atom. The molecule has 0 fully saturated rings. The first-order valence-electron chi connectivity index (χ1n) is 7.96. The fraction of sp³-hybridized carbons (Fsp3) is 0.316. The highest BCUT2D eigenvalue weighted by molar-refractivity contribution is 7.64. The van der Waals surface area contributed by atoms with Crippen molar-refractivity contribution < 1.29 is 9.36 Å². The molecule has 0 N–H and O–H groups in total. The van der Waals surface area contributed by atoms with E-state index in [0.717, 1.165) is 31.2 Å². The number of hydrogen-bond acceptors (Lipinski definition) is 2. The number of benzene rings is 2. The average Bonchev–Trinajstić information content (AvgIpc) is 2.55. The monoisotopic (exact) mass is 348 g/mol. The molecule has 4 heteroatoms. The standard InChI is InChI=1S/C19H22ClO2P/c1-15-9-8-13-17(20)18(15)19(21)23(22)14-7-3-6-12-16-10-4-2-5-11-16/h2,4-5,8-11,13,23H,3,6-7,12,14H2,1H3. The van der Waals surface area contributed by atoms with Gasteiger partial charge in [0, 0.05) is 11.7 Å². The molecule has 1 unspecified atom stereocenters. The Bertz CT molecular complexity index is 663. The van der Waals surface area contributed by atoms with E-state index in [2.05, 4.69) is 12.1 Å². The lowest BCUT2D eigenvalue weighted by Gasteiger charge is -2.07. The Morgan fingerprint density at radius 2 is 1.74 bits per heavy atom. The number of hydrogen-bond donors (Lipinski definition) is 0. The van der Waals surface area contributed by atoms with E-state index in [-0.39, 0.29) is 5.52 Å². The van der Waals surface area contributed by atoms with E-state index in [1.54, 1.807) is 12.1 Å². The van der Waals surface area contributed by atoms with Gasteiger partial charge < -0.3 is 4.57 Å². The van der Waals surface area contributed by atoms with E-state index in [0.29, 0.717) is 16.7 Å². The van der Waals surface area contributed by atoms with Crippen LogP contribution in [0, 0.1) is 6.92 Å². The molecule has 0 saturated heterocycles. The number of unbranched alkanes of at least 4 members (excludes halogenated alkanes) is 2. The van der Waals surface area contributed by atoms with Crippen LogP contribution >= 0.6 is 19.4 Å². The van der Waals surface area contributed by atoms with Crippen LogP contribution in [0.25, 0.3) is 0 Å². The predicted molar refractivity (Wildman–Crippen MR) is 98.4 cm³/mol. The second kappa shape index (κ2) is 9.05. The Kier molecular flexibility index (Phi) is 7.08. The molecule has 122 valence electrons. The maximum absolute atomic E-state index is 12.3. The highest BCUT2D eigenvalue weighted by atomic mass is 35.5. The maximum atomic E-state index is 12.3. The van der Waals surface area contributed by atoms with Crippen LogP contribution in [0.1, 0.15) is 40.7 Å².